The Labute approximate surface area is 230 Å². The molecule has 1 heterocycles. The lowest BCUT2D eigenvalue weighted by atomic mass is 10.1. The lowest BCUT2D eigenvalue weighted by Crippen LogP contribution is -2.48. The normalized spacial score (nSPS) is 19.5. The van der Waals surface area contributed by atoms with E-state index >= 15 is 0 Å². The van der Waals surface area contributed by atoms with E-state index in [1.807, 2.05) is 0 Å². The van der Waals surface area contributed by atoms with Crippen LogP contribution in [0.5, 0.6) is 0 Å². The van der Waals surface area contributed by atoms with E-state index in [1.165, 1.54) is 0 Å². The zero-order valence-corrected chi connectivity index (χ0v) is 21.2. The van der Waals surface area contributed by atoms with Crippen LogP contribution in [0.4, 0.5) is 0 Å². The third kappa shape index (κ3) is 7.23. The Morgan fingerprint density at radius 2 is 1.23 bits per heavy atom. The standard InChI is InChI=1S/C29H27N3O8/c1-19(32-30-18-33)31-26-25(40-29(36)22-15-9-4-10-16-22)24(39-28(35)21-13-7-3-8-14-21)23(38-26)17-37-27(34)20-11-5-2-6-12-20/h2-16,18,23-26,31-32H,1,17H2,(H,30,33). The molecule has 40 heavy (non-hydrogen) atoms. The van der Waals surface area contributed by atoms with Gasteiger partial charge in [0.1, 0.15) is 18.5 Å². The minimum atomic E-state index is -1.21. The van der Waals surface area contributed by atoms with Crippen LogP contribution >= 0.6 is 0 Å². The number of esters is 3. The van der Waals surface area contributed by atoms with Gasteiger partial charge in [-0.3, -0.25) is 15.6 Å². The van der Waals surface area contributed by atoms with Gasteiger partial charge >= 0.3 is 17.9 Å². The fourth-order valence-corrected chi connectivity index (χ4v) is 3.92. The van der Waals surface area contributed by atoms with Crippen LogP contribution in [0.2, 0.25) is 0 Å². The summed E-state index contributed by atoms with van der Waals surface area (Å²) in [6, 6.07) is 24.8. The molecule has 3 aromatic carbocycles. The van der Waals surface area contributed by atoms with Crippen molar-refractivity contribution < 1.29 is 38.1 Å². The third-order valence-corrected chi connectivity index (χ3v) is 5.80. The number of nitrogens with one attached hydrogen (secondary N) is 3. The number of carbonyl (C=O) groups excluding carboxylic acids is 4. The van der Waals surface area contributed by atoms with Crippen LogP contribution in [0.25, 0.3) is 0 Å². The Kier molecular flexibility index (Phi) is 9.46. The monoisotopic (exact) mass is 545 g/mol. The van der Waals surface area contributed by atoms with Gasteiger partial charge in [0.05, 0.1) is 16.7 Å². The average molecular weight is 546 g/mol. The van der Waals surface area contributed by atoms with Gasteiger partial charge in [0, 0.05) is 0 Å². The van der Waals surface area contributed by atoms with E-state index in [9.17, 15) is 19.2 Å². The van der Waals surface area contributed by atoms with Crippen molar-refractivity contribution >= 4 is 24.3 Å². The van der Waals surface area contributed by atoms with Gasteiger partial charge in [0.2, 0.25) is 6.41 Å². The zero-order valence-electron chi connectivity index (χ0n) is 21.2. The van der Waals surface area contributed by atoms with Gasteiger partial charge in [-0.05, 0) is 36.4 Å². The molecular formula is C29H27N3O8. The second-order valence-corrected chi connectivity index (χ2v) is 8.54. The Balaban J connectivity index is 1.60. The van der Waals surface area contributed by atoms with Gasteiger partial charge in [-0.2, -0.15) is 0 Å². The summed E-state index contributed by atoms with van der Waals surface area (Å²) >= 11 is 0. The molecule has 3 N–H and O–H groups in total. The number of benzene rings is 3. The maximum atomic E-state index is 13.1. The Morgan fingerprint density at radius 1 is 0.750 bits per heavy atom. The molecule has 0 bridgehead atoms. The molecule has 1 saturated heterocycles. The SMILES string of the molecule is C=C(NNC=O)NC1OC(COC(=O)c2ccccc2)C(OC(=O)c2ccccc2)C1OC(=O)c1ccccc1. The maximum Gasteiger partial charge on any atom is 0.338 e. The molecule has 0 spiro atoms. The predicted octanol–water partition coefficient (Wildman–Crippen LogP) is 2.33. The van der Waals surface area contributed by atoms with Gasteiger partial charge in [-0.1, -0.05) is 61.2 Å². The number of hydrogen-bond donors (Lipinski definition) is 3. The number of hydrazine groups is 1. The minimum Gasteiger partial charge on any atom is -0.459 e. The molecule has 1 fully saturated rings. The first-order valence-electron chi connectivity index (χ1n) is 12.3. The number of ether oxygens (including phenoxy) is 4. The summed E-state index contributed by atoms with van der Waals surface area (Å²) in [5, 5.41) is 2.85. The number of rotatable bonds is 12. The molecule has 0 aliphatic carbocycles. The van der Waals surface area contributed by atoms with E-state index in [-0.39, 0.29) is 23.6 Å². The quantitative estimate of drug-likeness (QED) is 0.134. The Morgan fingerprint density at radius 3 is 1.73 bits per heavy atom. The molecule has 4 unspecified atom stereocenters. The van der Waals surface area contributed by atoms with Crippen LogP contribution in [0, 0.1) is 0 Å². The topological polar surface area (TPSA) is 141 Å². The molecule has 1 amide bonds. The van der Waals surface area contributed by atoms with Gasteiger partial charge < -0.3 is 24.3 Å². The fraction of sp³-hybridized carbons (Fsp3) is 0.172. The first-order valence-corrected chi connectivity index (χ1v) is 12.3. The number of amides is 1. The average Bonchev–Trinajstić information content (AvgIpc) is 3.30. The lowest BCUT2D eigenvalue weighted by molar-refractivity contribution is -0.110. The number of carbonyl (C=O) groups is 4. The summed E-state index contributed by atoms with van der Waals surface area (Å²) in [4.78, 5) is 49.4. The molecule has 0 aromatic heterocycles. The number of hydrogen-bond acceptors (Lipinski definition) is 10. The molecule has 1 aliphatic rings. The maximum absolute atomic E-state index is 13.1. The predicted molar refractivity (Wildman–Crippen MR) is 141 cm³/mol. The summed E-state index contributed by atoms with van der Waals surface area (Å²) in [5.74, 6) is -1.93. The van der Waals surface area contributed by atoms with E-state index in [0.717, 1.165) is 0 Å². The summed E-state index contributed by atoms with van der Waals surface area (Å²) in [6.45, 7) is 3.41. The van der Waals surface area contributed by atoms with Crippen molar-refractivity contribution in [1.29, 1.82) is 0 Å². The molecule has 1 aliphatic heterocycles. The molecule has 206 valence electrons. The molecule has 11 nitrogen and oxygen atoms in total. The second kappa shape index (κ2) is 13.6. The van der Waals surface area contributed by atoms with Gasteiger partial charge in [-0.25, -0.2) is 14.4 Å². The van der Waals surface area contributed by atoms with Crippen molar-refractivity contribution in [3.05, 3.63) is 120 Å². The molecule has 0 saturated carbocycles. The fourth-order valence-electron chi connectivity index (χ4n) is 3.92. The minimum absolute atomic E-state index is 0.0907. The van der Waals surface area contributed by atoms with Crippen molar-refractivity contribution in [1.82, 2.24) is 16.2 Å². The highest BCUT2D eigenvalue weighted by atomic mass is 16.7. The molecule has 3 aromatic rings. The van der Waals surface area contributed by atoms with Crippen molar-refractivity contribution in [3.63, 3.8) is 0 Å². The first kappa shape index (κ1) is 27.9. The summed E-state index contributed by atoms with van der Waals surface area (Å²) in [6.07, 6.45) is -4.18. The highest BCUT2D eigenvalue weighted by Gasteiger charge is 2.50. The lowest BCUT2D eigenvalue weighted by Gasteiger charge is -2.25. The smallest absolute Gasteiger partial charge is 0.338 e. The summed E-state index contributed by atoms with van der Waals surface area (Å²) in [5.41, 5.74) is 5.56. The van der Waals surface area contributed by atoms with Crippen LogP contribution in [-0.4, -0.2) is 55.5 Å². The van der Waals surface area contributed by atoms with Crippen LogP contribution in [0.15, 0.2) is 103 Å². The van der Waals surface area contributed by atoms with E-state index < -0.39 is 42.4 Å². The van der Waals surface area contributed by atoms with Crippen LogP contribution in [0.3, 0.4) is 0 Å². The summed E-state index contributed by atoms with van der Waals surface area (Å²) in [7, 11) is 0. The third-order valence-electron chi connectivity index (χ3n) is 5.80. The van der Waals surface area contributed by atoms with E-state index in [1.54, 1.807) is 91.0 Å². The van der Waals surface area contributed by atoms with Crippen molar-refractivity contribution in [3.8, 4) is 0 Å². The van der Waals surface area contributed by atoms with Crippen molar-refractivity contribution in [2.75, 3.05) is 6.61 Å². The highest BCUT2D eigenvalue weighted by molar-refractivity contribution is 5.91. The second-order valence-electron chi connectivity index (χ2n) is 8.54. The highest BCUT2D eigenvalue weighted by Crippen LogP contribution is 2.28. The Bertz CT molecular complexity index is 1320. The van der Waals surface area contributed by atoms with Gasteiger partial charge in [0.25, 0.3) is 0 Å². The molecule has 4 rings (SSSR count). The van der Waals surface area contributed by atoms with E-state index in [0.29, 0.717) is 12.0 Å². The van der Waals surface area contributed by atoms with Crippen molar-refractivity contribution in [2.24, 2.45) is 0 Å². The summed E-state index contributed by atoms with van der Waals surface area (Å²) < 4.78 is 23.1. The largest absolute Gasteiger partial charge is 0.459 e. The molecular weight excluding hydrogens is 518 g/mol. The molecule has 4 atom stereocenters. The van der Waals surface area contributed by atoms with Crippen molar-refractivity contribution in [2.45, 2.75) is 24.5 Å². The first-order chi connectivity index (χ1) is 19.5. The van der Waals surface area contributed by atoms with E-state index in [2.05, 4.69) is 22.7 Å². The van der Waals surface area contributed by atoms with Gasteiger partial charge in [-0.15, -0.1) is 0 Å². The molecule has 11 heteroatoms. The zero-order chi connectivity index (χ0) is 28.3. The van der Waals surface area contributed by atoms with Gasteiger partial charge in [0.15, 0.2) is 18.4 Å². The van der Waals surface area contributed by atoms with Crippen LogP contribution in [-0.2, 0) is 23.7 Å². The molecule has 0 radical (unpaired) electrons. The Hall–Kier alpha value is -5.16. The van der Waals surface area contributed by atoms with Crippen LogP contribution < -0.4 is 16.2 Å². The van der Waals surface area contributed by atoms with E-state index in [4.69, 9.17) is 18.9 Å². The van der Waals surface area contributed by atoms with Crippen LogP contribution in [0.1, 0.15) is 31.1 Å².